The van der Waals surface area contributed by atoms with Crippen LogP contribution in [0.25, 0.3) is 0 Å². The van der Waals surface area contributed by atoms with Crippen molar-refractivity contribution in [1.82, 2.24) is 10.2 Å². The molecule has 1 aliphatic heterocycles. The Labute approximate surface area is 101 Å². The van der Waals surface area contributed by atoms with Crippen molar-refractivity contribution >= 4 is 12.4 Å². The maximum absolute atomic E-state index is 3.48. The second-order valence-electron chi connectivity index (χ2n) is 5.88. The average molecular weight is 235 g/mol. The van der Waals surface area contributed by atoms with Crippen LogP contribution in [0.5, 0.6) is 0 Å². The van der Waals surface area contributed by atoms with Crippen LogP contribution in [0.2, 0.25) is 0 Å². The Morgan fingerprint density at radius 1 is 1.40 bits per heavy atom. The highest BCUT2D eigenvalue weighted by Gasteiger charge is 2.24. The summed E-state index contributed by atoms with van der Waals surface area (Å²) in [6.45, 7) is 16.5. The first-order valence-electron chi connectivity index (χ1n) is 5.85. The van der Waals surface area contributed by atoms with E-state index in [2.05, 4.69) is 44.8 Å². The molecule has 92 valence electrons. The van der Waals surface area contributed by atoms with Gasteiger partial charge in [-0.05, 0) is 18.3 Å². The van der Waals surface area contributed by atoms with Gasteiger partial charge in [-0.3, -0.25) is 0 Å². The Morgan fingerprint density at radius 3 is 2.47 bits per heavy atom. The lowest BCUT2D eigenvalue weighted by Gasteiger charge is -2.37. The van der Waals surface area contributed by atoms with Crippen LogP contribution in [0, 0.1) is 11.3 Å². The van der Waals surface area contributed by atoms with E-state index in [4.69, 9.17) is 0 Å². The van der Waals surface area contributed by atoms with Crippen molar-refractivity contribution in [1.29, 1.82) is 0 Å². The molecule has 0 saturated carbocycles. The molecule has 15 heavy (non-hydrogen) atoms. The number of piperazine rings is 1. The van der Waals surface area contributed by atoms with E-state index in [1.807, 2.05) is 0 Å². The Hall–Kier alpha value is 0.210. The summed E-state index contributed by atoms with van der Waals surface area (Å²) in [4.78, 5) is 2.59. The molecule has 0 amide bonds. The maximum atomic E-state index is 3.48. The normalized spacial score (nSPS) is 25.8. The Kier molecular flexibility index (Phi) is 6.16. The molecule has 2 nitrogen and oxygen atoms in total. The predicted molar refractivity (Wildman–Crippen MR) is 69.8 cm³/mol. The summed E-state index contributed by atoms with van der Waals surface area (Å²) in [5, 5.41) is 3.48. The van der Waals surface area contributed by atoms with E-state index >= 15 is 0 Å². The van der Waals surface area contributed by atoms with Crippen LogP contribution >= 0.6 is 12.4 Å². The molecule has 0 aliphatic carbocycles. The van der Waals surface area contributed by atoms with Gasteiger partial charge in [-0.25, -0.2) is 0 Å². The first-order valence-corrected chi connectivity index (χ1v) is 5.85. The molecule has 1 aliphatic rings. The van der Waals surface area contributed by atoms with Gasteiger partial charge in [0.1, 0.15) is 0 Å². The second-order valence-corrected chi connectivity index (χ2v) is 5.88. The van der Waals surface area contributed by atoms with Crippen molar-refractivity contribution < 1.29 is 0 Å². The number of hydrogen-bond donors (Lipinski definition) is 1. The highest BCUT2D eigenvalue weighted by Crippen LogP contribution is 2.26. The van der Waals surface area contributed by atoms with Gasteiger partial charge in [0.05, 0.1) is 0 Å². The SMILES string of the molecule is CC(CN1CCN[C@@H](C)C1)C(C)(C)C.Cl. The van der Waals surface area contributed by atoms with Gasteiger partial charge in [-0.2, -0.15) is 0 Å². The van der Waals surface area contributed by atoms with Crippen molar-refractivity contribution in [2.75, 3.05) is 26.2 Å². The van der Waals surface area contributed by atoms with E-state index in [0.717, 1.165) is 12.5 Å². The largest absolute Gasteiger partial charge is 0.312 e. The summed E-state index contributed by atoms with van der Waals surface area (Å²) in [5.41, 5.74) is 0.439. The number of nitrogens with zero attached hydrogens (tertiary/aromatic N) is 1. The van der Waals surface area contributed by atoms with Gasteiger partial charge in [0.15, 0.2) is 0 Å². The molecular weight excluding hydrogens is 208 g/mol. The van der Waals surface area contributed by atoms with E-state index in [0.29, 0.717) is 11.5 Å². The Balaban J connectivity index is 0.00000196. The minimum Gasteiger partial charge on any atom is -0.312 e. The second kappa shape index (κ2) is 6.07. The number of halogens is 1. The third kappa shape index (κ3) is 5.19. The summed E-state index contributed by atoms with van der Waals surface area (Å²) in [6, 6.07) is 0.663. The van der Waals surface area contributed by atoms with Gasteiger partial charge in [0.25, 0.3) is 0 Å². The fourth-order valence-electron chi connectivity index (χ4n) is 1.84. The fraction of sp³-hybridized carbons (Fsp3) is 1.00. The Bertz CT molecular complexity index is 177. The molecular formula is C12H27ClN2. The van der Waals surface area contributed by atoms with E-state index in [9.17, 15) is 0 Å². The van der Waals surface area contributed by atoms with Gasteiger partial charge >= 0.3 is 0 Å². The molecule has 3 heteroatoms. The molecule has 2 atom stereocenters. The van der Waals surface area contributed by atoms with Gasteiger partial charge in [-0.15, -0.1) is 12.4 Å². The van der Waals surface area contributed by atoms with E-state index in [-0.39, 0.29) is 12.4 Å². The van der Waals surface area contributed by atoms with Crippen molar-refractivity contribution in [3.63, 3.8) is 0 Å². The van der Waals surface area contributed by atoms with Gasteiger partial charge in [-0.1, -0.05) is 27.7 Å². The molecule has 0 aromatic rings. The zero-order chi connectivity index (χ0) is 10.8. The summed E-state index contributed by atoms with van der Waals surface area (Å²) >= 11 is 0. The minimum atomic E-state index is 0. The van der Waals surface area contributed by atoms with Crippen LogP contribution in [0.4, 0.5) is 0 Å². The quantitative estimate of drug-likeness (QED) is 0.790. The molecule has 0 radical (unpaired) electrons. The van der Waals surface area contributed by atoms with Gasteiger partial charge in [0.2, 0.25) is 0 Å². The van der Waals surface area contributed by atoms with E-state index < -0.39 is 0 Å². The standard InChI is InChI=1S/C12H26N2.ClH/c1-10(12(3,4)5)8-14-7-6-13-11(2)9-14;/h10-11,13H,6-9H2,1-5H3;1H/t10?,11-;/m0./s1. The minimum absolute atomic E-state index is 0. The first-order chi connectivity index (χ1) is 6.39. The number of hydrogen-bond acceptors (Lipinski definition) is 2. The van der Waals surface area contributed by atoms with Crippen LogP contribution in [-0.4, -0.2) is 37.1 Å². The van der Waals surface area contributed by atoms with Gasteiger partial charge in [0, 0.05) is 32.2 Å². The van der Waals surface area contributed by atoms with Crippen molar-refractivity contribution in [3.05, 3.63) is 0 Å². The lowest BCUT2D eigenvalue weighted by Crippen LogP contribution is -2.51. The summed E-state index contributed by atoms with van der Waals surface area (Å²) in [5.74, 6) is 0.771. The summed E-state index contributed by atoms with van der Waals surface area (Å²) in [7, 11) is 0. The van der Waals surface area contributed by atoms with Crippen LogP contribution in [0.15, 0.2) is 0 Å². The molecule has 1 N–H and O–H groups in total. The summed E-state index contributed by atoms with van der Waals surface area (Å²) in [6.07, 6.45) is 0. The molecule has 0 bridgehead atoms. The van der Waals surface area contributed by atoms with E-state index in [1.54, 1.807) is 0 Å². The monoisotopic (exact) mass is 234 g/mol. The predicted octanol–water partition coefficient (Wildman–Crippen LogP) is 2.38. The smallest absolute Gasteiger partial charge is 0.0167 e. The summed E-state index contributed by atoms with van der Waals surface area (Å²) < 4.78 is 0. The lowest BCUT2D eigenvalue weighted by molar-refractivity contribution is 0.134. The van der Waals surface area contributed by atoms with E-state index in [1.165, 1.54) is 19.6 Å². The molecule has 1 fully saturated rings. The molecule has 1 heterocycles. The van der Waals surface area contributed by atoms with Crippen LogP contribution < -0.4 is 5.32 Å². The molecule has 0 spiro atoms. The highest BCUT2D eigenvalue weighted by atomic mass is 35.5. The topological polar surface area (TPSA) is 15.3 Å². The van der Waals surface area contributed by atoms with Crippen molar-refractivity contribution in [2.45, 2.75) is 40.7 Å². The zero-order valence-corrected chi connectivity index (χ0v) is 11.7. The number of rotatable bonds is 2. The lowest BCUT2D eigenvalue weighted by atomic mass is 9.81. The maximum Gasteiger partial charge on any atom is 0.0167 e. The first kappa shape index (κ1) is 15.2. The molecule has 1 rings (SSSR count). The van der Waals surface area contributed by atoms with Gasteiger partial charge < -0.3 is 10.2 Å². The van der Waals surface area contributed by atoms with Crippen LogP contribution in [-0.2, 0) is 0 Å². The third-order valence-electron chi connectivity index (χ3n) is 3.46. The molecule has 1 unspecified atom stereocenters. The fourth-order valence-corrected chi connectivity index (χ4v) is 1.84. The molecule has 0 aromatic heterocycles. The third-order valence-corrected chi connectivity index (χ3v) is 3.46. The van der Waals surface area contributed by atoms with Crippen LogP contribution in [0.1, 0.15) is 34.6 Å². The molecule has 0 aromatic carbocycles. The Morgan fingerprint density at radius 2 is 2.00 bits per heavy atom. The highest BCUT2D eigenvalue weighted by molar-refractivity contribution is 5.85. The van der Waals surface area contributed by atoms with Crippen LogP contribution in [0.3, 0.4) is 0 Å². The average Bonchev–Trinajstić information content (AvgIpc) is 2.02. The van der Waals surface area contributed by atoms with Crippen molar-refractivity contribution in [3.8, 4) is 0 Å². The zero-order valence-electron chi connectivity index (χ0n) is 10.8. The van der Waals surface area contributed by atoms with Crippen molar-refractivity contribution in [2.24, 2.45) is 11.3 Å². The molecule has 1 saturated heterocycles. The number of nitrogens with one attached hydrogen (secondary N) is 1.